The van der Waals surface area contributed by atoms with Crippen LogP contribution in [0, 0.1) is 0 Å². The fourth-order valence-electron chi connectivity index (χ4n) is 2.60. The molecule has 0 aromatic heterocycles. The molecule has 6 heteroatoms. The van der Waals surface area contributed by atoms with Gasteiger partial charge in [-0.2, -0.15) is 4.31 Å². The zero-order valence-electron chi connectivity index (χ0n) is 12.0. The van der Waals surface area contributed by atoms with Crippen molar-refractivity contribution in [2.75, 3.05) is 45.0 Å². The lowest BCUT2D eigenvalue weighted by molar-refractivity contribution is 0.180. The van der Waals surface area contributed by atoms with Crippen LogP contribution >= 0.6 is 0 Å². The van der Waals surface area contributed by atoms with Gasteiger partial charge in [-0.3, -0.25) is 4.90 Å². The van der Waals surface area contributed by atoms with Crippen molar-refractivity contribution in [1.82, 2.24) is 14.5 Å². The van der Waals surface area contributed by atoms with E-state index in [4.69, 9.17) is 0 Å². The lowest BCUT2D eigenvalue weighted by atomic mass is 10.3. The summed E-state index contributed by atoms with van der Waals surface area (Å²) in [5.41, 5.74) is 0. The van der Waals surface area contributed by atoms with E-state index in [0.717, 1.165) is 38.6 Å². The lowest BCUT2D eigenvalue weighted by Crippen LogP contribution is -2.49. The molecule has 5 nitrogen and oxygen atoms in total. The van der Waals surface area contributed by atoms with Gasteiger partial charge in [-0.1, -0.05) is 6.92 Å². The summed E-state index contributed by atoms with van der Waals surface area (Å²) in [5, 5.41) is 3.25. The van der Waals surface area contributed by atoms with Crippen molar-refractivity contribution in [3.05, 3.63) is 0 Å². The van der Waals surface area contributed by atoms with Crippen LogP contribution in [0.5, 0.6) is 0 Å². The first kappa shape index (κ1) is 15.2. The summed E-state index contributed by atoms with van der Waals surface area (Å²) in [6.45, 7) is 7.08. The molecule has 1 N–H and O–H groups in total. The highest BCUT2D eigenvalue weighted by Gasteiger charge is 2.33. The molecule has 112 valence electrons. The largest absolute Gasteiger partial charge is 0.317 e. The standard InChI is InChI=1S/C13H27N3O2S/c1-2-6-14-7-3-12-19(17,18)16-10-8-15(9-11-16)13-4-5-13/h13-14H,2-12H2,1H3. The van der Waals surface area contributed by atoms with Gasteiger partial charge >= 0.3 is 0 Å². The topological polar surface area (TPSA) is 52.7 Å². The van der Waals surface area contributed by atoms with Gasteiger partial charge in [-0.25, -0.2) is 8.42 Å². The van der Waals surface area contributed by atoms with Crippen LogP contribution in [0.4, 0.5) is 0 Å². The van der Waals surface area contributed by atoms with Gasteiger partial charge in [-0.05, 0) is 38.8 Å². The second kappa shape index (κ2) is 7.02. The van der Waals surface area contributed by atoms with Crippen LogP contribution in [0.3, 0.4) is 0 Å². The quantitative estimate of drug-likeness (QED) is 0.661. The van der Waals surface area contributed by atoms with Crippen molar-refractivity contribution >= 4 is 10.0 Å². The van der Waals surface area contributed by atoms with E-state index in [1.807, 2.05) is 0 Å². The van der Waals surface area contributed by atoms with Gasteiger partial charge in [0, 0.05) is 32.2 Å². The molecule has 0 radical (unpaired) electrons. The third kappa shape index (κ3) is 4.70. The molecule has 1 saturated carbocycles. The maximum Gasteiger partial charge on any atom is 0.214 e. The van der Waals surface area contributed by atoms with Gasteiger partial charge in [-0.15, -0.1) is 0 Å². The van der Waals surface area contributed by atoms with Crippen LogP contribution < -0.4 is 5.32 Å². The maximum atomic E-state index is 12.2. The summed E-state index contributed by atoms with van der Waals surface area (Å²) in [4.78, 5) is 2.44. The summed E-state index contributed by atoms with van der Waals surface area (Å²) in [6, 6.07) is 0.753. The Morgan fingerprint density at radius 3 is 2.37 bits per heavy atom. The van der Waals surface area contributed by atoms with Crippen molar-refractivity contribution < 1.29 is 8.42 Å². The average molecular weight is 289 g/mol. The van der Waals surface area contributed by atoms with E-state index in [-0.39, 0.29) is 5.75 Å². The fraction of sp³-hybridized carbons (Fsp3) is 1.00. The third-order valence-electron chi connectivity index (χ3n) is 3.91. The minimum atomic E-state index is -3.03. The van der Waals surface area contributed by atoms with E-state index in [1.54, 1.807) is 4.31 Å². The van der Waals surface area contributed by atoms with E-state index < -0.39 is 10.0 Å². The minimum Gasteiger partial charge on any atom is -0.317 e. The molecule has 1 aliphatic carbocycles. The number of rotatable bonds is 8. The van der Waals surface area contributed by atoms with E-state index in [0.29, 0.717) is 19.5 Å². The number of nitrogens with zero attached hydrogens (tertiary/aromatic N) is 2. The van der Waals surface area contributed by atoms with Gasteiger partial charge in [0.15, 0.2) is 0 Å². The monoisotopic (exact) mass is 289 g/mol. The molecule has 19 heavy (non-hydrogen) atoms. The van der Waals surface area contributed by atoms with Crippen LogP contribution in [-0.4, -0.2) is 68.7 Å². The second-order valence-corrected chi connectivity index (χ2v) is 7.67. The molecule has 0 unspecified atom stereocenters. The molecule has 0 atom stereocenters. The molecule has 0 spiro atoms. The summed E-state index contributed by atoms with van der Waals surface area (Å²) in [6.07, 6.45) is 4.41. The summed E-state index contributed by atoms with van der Waals surface area (Å²) in [5.74, 6) is 0.285. The Bertz CT molecular complexity index is 360. The number of hydrogen-bond donors (Lipinski definition) is 1. The van der Waals surface area contributed by atoms with Crippen LogP contribution in [-0.2, 0) is 10.0 Å². The minimum absolute atomic E-state index is 0.285. The highest BCUT2D eigenvalue weighted by Crippen LogP contribution is 2.27. The first-order valence-corrected chi connectivity index (χ1v) is 9.17. The highest BCUT2D eigenvalue weighted by molar-refractivity contribution is 7.89. The predicted octanol–water partition coefficient (Wildman–Crippen LogP) is 0.486. The Hall–Kier alpha value is -0.170. The van der Waals surface area contributed by atoms with Gasteiger partial charge in [0.05, 0.1) is 5.75 Å². The van der Waals surface area contributed by atoms with Crippen LogP contribution in [0.15, 0.2) is 0 Å². The highest BCUT2D eigenvalue weighted by atomic mass is 32.2. The summed E-state index contributed by atoms with van der Waals surface area (Å²) < 4.78 is 26.1. The zero-order chi connectivity index (χ0) is 13.7. The molecular formula is C13H27N3O2S. The predicted molar refractivity (Wildman–Crippen MR) is 77.7 cm³/mol. The molecule has 2 fully saturated rings. The molecule has 1 heterocycles. The van der Waals surface area contributed by atoms with Crippen molar-refractivity contribution in [1.29, 1.82) is 0 Å². The first-order chi connectivity index (χ1) is 9.13. The Kier molecular flexibility index (Phi) is 5.62. The van der Waals surface area contributed by atoms with Gasteiger partial charge in [0.2, 0.25) is 10.0 Å². The van der Waals surface area contributed by atoms with Gasteiger partial charge < -0.3 is 5.32 Å². The lowest BCUT2D eigenvalue weighted by Gasteiger charge is -2.34. The first-order valence-electron chi connectivity index (χ1n) is 7.56. The molecule has 2 aliphatic rings. The molecule has 2 rings (SSSR count). The van der Waals surface area contributed by atoms with E-state index in [1.165, 1.54) is 12.8 Å². The van der Waals surface area contributed by atoms with E-state index in [2.05, 4.69) is 17.1 Å². The smallest absolute Gasteiger partial charge is 0.214 e. The van der Waals surface area contributed by atoms with Gasteiger partial charge in [0.25, 0.3) is 0 Å². The van der Waals surface area contributed by atoms with E-state index >= 15 is 0 Å². The normalized spacial score (nSPS) is 22.8. The van der Waals surface area contributed by atoms with Gasteiger partial charge in [0.1, 0.15) is 0 Å². The molecule has 0 amide bonds. The molecular weight excluding hydrogens is 262 g/mol. The van der Waals surface area contributed by atoms with Crippen LogP contribution in [0.1, 0.15) is 32.6 Å². The Labute approximate surface area is 117 Å². The van der Waals surface area contributed by atoms with Crippen molar-refractivity contribution in [3.63, 3.8) is 0 Å². The van der Waals surface area contributed by atoms with Crippen molar-refractivity contribution in [2.45, 2.75) is 38.6 Å². The summed E-state index contributed by atoms with van der Waals surface area (Å²) >= 11 is 0. The maximum absolute atomic E-state index is 12.2. The Morgan fingerprint density at radius 1 is 1.11 bits per heavy atom. The van der Waals surface area contributed by atoms with Crippen molar-refractivity contribution in [2.24, 2.45) is 0 Å². The zero-order valence-corrected chi connectivity index (χ0v) is 12.8. The molecule has 0 aromatic carbocycles. The number of hydrogen-bond acceptors (Lipinski definition) is 4. The van der Waals surface area contributed by atoms with Crippen molar-refractivity contribution in [3.8, 4) is 0 Å². The molecule has 1 aliphatic heterocycles. The van der Waals surface area contributed by atoms with Crippen LogP contribution in [0.2, 0.25) is 0 Å². The number of sulfonamides is 1. The molecule has 1 saturated heterocycles. The average Bonchev–Trinajstić information content (AvgIpc) is 3.23. The summed E-state index contributed by atoms with van der Waals surface area (Å²) in [7, 11) is -3.03. The van der Waals surface area contributed by atoms with Crippen LogP contribution in [0.25, 0.3) is 0 Å². The van der Waals surface area contributed by atoms with E-state index in [9.17, 15) is 8.42 Å². The third-order valence-corrected chi connectivity index (χ3v) is 5.87. The Balaban J connectivity index is 1.67. The fourth-order valence-corrected chi connectivity index (χ4v) is 4.08. The molecule has 0 aromatic rings. The number of piperazine rings is 1. The Morgan fingerprint density at radius 2 is 1.79 bits per heavy atom. The number of nitrogens with one attached hydrogen (secondary N) is 1. The molecule has 0 bridgehead atoms. The second-order valence-electron chi connectivity index (χ2n) is 5.59. The SMILES string of the molecule is CCCNCCCS(=O)(=O)N1CCN(C2CC2)CC1.